The van der Waals surface area contributed by atoms with Gasteiger partial charge in [0.1, 0.15) is 11.5 Å². The molecule has 0 aliphatic heterocycles. The van der Waals surface area contributed by atoms with Crippen molar-refractivity contribution in [2.24, 2.45) is 0 Å². The normalized spacial score (nSPS) is 10.5. The zero-order chi connectivity index (χ0) is 14.5. The van der Waals surface area contributed by atoms with Crippen molar-refractivity contribution >= 4 is 5.97 Å². The third-order valence-corrected chi connectivity index (χ3v) is 2.00. The van der Waals surface area contributed by atoms with Crippen LogP contribution in [0, 0.1) is 11.3 Å². The fourth-order valence-electron chi connectivity index (χ4n) is 1.22. The predicted octanol–water partition coefficient (Wildman–Crippen LogP) is 2.10. The largest absolute Gasteiger partial charge is 0.502 e. The molecular weight excluding hydrogens is 260 g/mol. The first-order chi connectivity index (χ1) is 8.92. The molecule has 0 fully saturated rings. The van der Waals surface area contributed by atoms with Gasteiger partial charge < -0.3 is 14.2 Å². The van der Waals surface area contributed by atoms with Crippen molar-refractivity contribution in [3.63, 3.8) is 0 Å². The van der Waals surface area contributed by atoms with Gasteiger partial charge in [0, 0.05) is 6.07 Å². The van der Waals surface area contributed by atoms with E-state index in [0.717, 1.165) is 12.1 Å². The minimum Gasteiger partial charge on any atom is -0.497 e. The average Bonchev–Trinajstić information content (AvgIpc) is 2.37. The molecule has 0 unspecified atom stereocenters. The first-order valence-corrected chi connectivity index (χ1v) is 5.26. The van der Waals surface area contributed by atoms with E-state index in [1.807, 2.05) is 0 Å². The zero-order valence-corrected chi connectivity index (χ0v) is 10.3. The Morgan fingerprint density at radius 3 is 2.53 bits per heavy atom. The molecule has 0 saturated carbocycles. The molecule has 0 radical (unpaired) electrons. The number of nitriles is 1. The Bertz CT molecular complexity index is 511. The van der Waals surface area contributed by atoms with Gasteiger partial charge in [0.25, 0.3) is 0 Å². The van der Waals surface area contributed by atoms with Crippen LogP contribution in [0.15, 0.2) is 18.2 Å². The second kappa shape index (κ2) is 6.00. The van der Waals surface area contributed by atoms with Gasteiger partial charge in [-0.25, -0.2) is 4.79 Å². The number of methoxy groups -OCH3 is 1. The van der Waals surface area contributed by atoms with Gasteiger partial charge >= 0.3 is 12.1 Å². The van der Waals surface area contributed by atoms with Crippen molar-refractivity contribution in [2.75, 3.05) is 13.7 Å². The molecule has 0 aromatic heterocycles. The molecule has 0 aliphatic carbocycles. The van der Waals surface area contributed by atoms with Crippen LogP contribution in [-0.2, 0) is 9.53 Å². The minimum atomic E-state index is -4.13. The van der Waals surface area contributed by atoms with E-state index in [1.54, 1.807) is 6.07 Å². The van der Waals surface area contributed by atoms with Crippen LogP contribution in [0.4, 0.5) is 8.78 Å². The number of hydrogen-bond acceptors (Lipinski definition) is 5. The Balaban J connectivity index is 2.98. The molecule has 102 valence electrons. The molecular formula is C12H11F2NO4. The van der Waals surface area contributed by atoms with Crippen LogP contribution < -0.4 is 9.47 Å². The highest BCUT2D eigenvalue weighted by Gasteiger charge is 2.44. The second-order valence-electron chi connectivity index (χ2n) is 3.35. The molecule has 0 bridgehead atoms. The smallest absolute Gasteiger partial charge is 0.497 e. The van der Waals surface area contributed by atoms with Crippen LogP contribution in [0.5, 0.6) is 11.5 Å². The van der Waals surface area contributed by atoms with Gasteiger partial charge in [0.05, 0.1) is 25.3 Å². The van der Waals surface area contributed by atoms with Crippen molar-refractivity contribution in [3.8, 4) is 17.6 Å². The first kappa shape index (κ1) is 14.7. The van der Waals surface area contributed by atoms with Crippen molar-refractivity contribution in [2.45, 2.75) is 13.0 Å². The van der Waals surface area contributed by atoms with E-state index >= 15 is 0 Å². The maximum absolute atomic E-state index is 13.3. The van der Waals surface area contributed by atoms with Crippen LogP contribution in [0.1, 0.15) is 12.5 Å². The van der Waals surface area contributed by atoms with E-state index < -0.39 is 12.1 Å². The molecule has 0 aliphatic rings. The Labute approximate surface area is 108 Å². The number of alkyl halides is 2. The van der Waals surface area contributed by atoms with Crippen molar-refractivity contribution in [3.05, 3.63) is 23.8 Å². The van der Waals surface area contributed by atoms with Crippen LogP contribution in [0.2, 0.25) is 0 Å². The summed E-state index contributed by atoms with van der Waals surface area (Å²) in [5, 5.41) is 8.73. The topological polar surface area (TPSA) is 68.5 Å². The van der Waals surface area contributed by atoms with Crippen LogP contribution in [-0.4, -0.2) is 25.8 Å². The van der Waals surface area contributed by atoms with E-state index in [0.29, 0.717) is 0 Å². The number of rotatable bonds is 5. The van der Waals surface area contributed by atoms with Gasteiger partial charge in [-0.3, -0.25) is 0 Å². The summed E-state index contributed by atoms with van der Waals surface area (Å²) < 4.78 is 40.0. The monoisotopic (exact) mass is 271 g/mol. The summed E-state index contributed by atoms with van der Waals surface area (Å²) in [7, 11) is 1.31. The fourth-order valence-corrected chi connectivity index (χ4v) is 1.22. The maximum atomic E-state index is 13.3. The lowest BCUT2D eigenvalue weighted by Gasteiger charge is -2.16. The minimum absolute atomic E-state index is 0.0639. The van der Waals surface area contributed by atoms with Crippen LogP contribution >= 0.6 is 0 Å². The van der Waals surface area contributed by atoms with Crippen molar-refractivity contribution in [1.29, 1.82) is 5.26 Å². The second-order valence-corrected chi connectivity index (χ2v) is 3.35. The predicted molar refractivity (Wildman–Crippen MR) is 59.9 cm³/mol. The molecule has 0 amide bonds. The van der Waals surface area contributed by atoms with E-state index in [9.17, 15) is 13.6 Å². The standard InChI is InChI=1S/C12H11F2NO4/c1-3-18-11(16)12(13,14)19-10-5-8(7-15)4-9(6-10)17-2/h4-6H,3H2,1-2H3. The van der Waals surface area contributed by atoms with Crippen LogP contribution in [0.3, 0.4) is 0 Å². The Hall–Kier alpha value is -2.36. The zero-order valence-electron chi connectivity index (χ0n) is 10.3. The summed E-state index contributed by atoms with van der Waals surface area (Å²) in [5.41, 5.74) is 0.0639. The molecule has 5 nitrogen and oxygen atoms in total. The van der Waals surface area contributed by atoms with E-state index in [-0.39, 0.29) is 23.7 Å². The SMILES string of the molecule is CCOC(=O)C(F)(F)Oc1cc(C#N)cc(OC)c1. The highest BCUT2D eigenvalue weighted by Crippen LogP contribution is 2.28. The molecule has 0 atom stereocenters. The number of benzene rings is 1. The number of ether oxygens (including phenoxy) is 3. The van der Waals surface area contributed by atoms with Crippen LogP contribution in [0.25, 0.3) is 0 Å². The molecule has 1 rings (SSSR count). The third-order valence-electron chi connectivity index (χ3n) is 2.00. The highest BCUT2D eigenvalue weighted by atomic mass is 19.3. The lowest BCUT2D eigenvalue weighted by atomic mass is 10.2. The van der Waals surface area contributed by atoms with Gasteiger partial charge in [0.2, 0.25) is 0 Å². The summed E-state index contributed by atoms with van der Waals surface area (Å²) >= 11 is 0. The van der Waals surface area contributed by atoms with E-state index in [4.69, 9.17) is 10.00 Å². The van der Waals surface area contributed by atoms with Crippen molar-refractivity contribution in [1.82, 2.24) is 0 Å². The summed E-state index contributed by atoms with van der Waals surface area (Å²) in [6.45, 7) is 1.20. The number of halogens is 2. The van der Waals surface area contributed by atoms with Crippen molar-refractivity contribution < 1.29 is 27.8 Å². The third kappa shape index (κ3) is 3.81. The average molecular weight is 271 g/mol. The first-order valence-electron chi connectivity index (χ1n) is 5.26. The number of nitrogens with zero attached hydrogens (tertiary/aromatic N) is 1. The van der Waals surface area contributed by atoms with Gasteiger partial charge in [-0.2, -0.15) is 14.0 Å². The molecule has 0 spiro atoms. The highest BCUT2D eigenvalue weighted by molar-refractivity contribution is 5.76. The lowest BCUT2D eigenvalue weighted by Crippen LogP contribution is -2.36. The van der Waals surface area contributed by atoms with Gasteiger partial charge in [-0.05, 0) is 19.1 Å². The maximum Gasteiger partial charge on any atom is 0.502 e. The molecule has 7 heteroatoms. The summed E-state index contributed by atoms with van der Waals surface area (Å²) in [4.78, 5) is 11.0. The summed E-state index contributed by atoms with van der Waals surface area (Å²) in [5.74, 6) is -2.00. The molecule has 19 heavy (non-hydrogen) atoms. The molecule has 0 N–H and O–H groups in total. The quantitative estimate of drug-likeness (QED) is 0.767. The Morgan fingerprint density at radius 2 is 2.00 bits per heavy atom. The summed E-state index contributed by atoms with van der Waals surface area (Å²) in [6.07, 6.45) is -4.13. The van der Waals surface area contributed by atoms with E-state index in [2.05, 4.69) is 9.47 Å². The number of hydrogen-bond donors (Lipinski definition) is 0. The molecule has 1 aromatic carbocycles. The Morgan fingerprint density at radius 1 is 1.37 bits per heavy atom. The Kier molecular flexibility index (Phi) is 4.64. The summed E-state index contributed by atoms with van der Waals surface area (Å²) in [6, 6.07) is 5.30. The van der Waals surface area contributed by atoms with Gasteiger partial charge in [-0.15, -0.1) is 0 Å². The molecule has 0 heterocycles. The molecule has 0 saturated heterocycles. The van der Waals surface area contributed by atoms with Gasteiger partial charge in [0.15, 0.2) is 0 Å². The number of esters is 1. The number of carbonyl (C=O) groups is 1. The molecule has 1 aromatic rings. The lowest BCUT2D eigenvalue weighted by molar-refractivity contribution is -0.216. The van der Waals surface area contributed by atoms with E-state index in [1.165, 1.54) is 20.1 Å². The fraction of sp³-hybridized carbons (Fsp3) is 0.333. The number of carbonyl (C=O) groups excluding carboxylic acids is 1. The van der Waals surface area contributed by atoms with Gasteiger partial charge in [-0.1, -0.05) is 0 Å².